The van der Waals surface area contributed by atoms with Crippen molar-refractivity contribution in [3.8, 4) is 11.5 Å². The van der Waals surface area contributed by atoms with Crippen LogP contribution in [0, 0.1) is 13.8 Å². The Morgan fingerprint density at radius 1 is 1.04 bits per heavy atom. The first-order chi connectivity index (χ1) is 10.9. The Hall–Kier alpha value is -1.59. The van der Waals surface area contributed by atoms with E-state index in [-0.39, 0.29) is 0 Å². The summed E-state index contributed by atoms with van der Waals surface area (Å²) >= 11 is 6.83. The van der Waals surface area contributed by atoms with Crippen LogP contribution >= 0.6 is 31.9 Å². The summed E-state index contributed by atoms with van der Waals surface area (Å²) in [6.07, 6.45) is 3.07. The Bertz CT molecular complexity index is 744. The van der Waals surface area contributed by atoms with Crippen molar-refractivity contribution >= 4 is 43.9 Å². The van der Waals surface area contributed by atoms with Crippen LogP contribution < -0.4 is 9.47 Å². The molecule has 0 bridgehead atoms. The van der Waals surface area contributed by atoms with E-state index < -0.39 is 5.97 Å². The third-order valence-corrected chi connectivity index (χ3v) is 4.17. The van der Waals surface area contributed by atoms with Gasteiger partial charge in [0.15, 0.2) is 0 Å². The monoisotopic (exact) mass is 438 g/mol. The second kappa shape index (κ2) is 7.79. The van der Waals surface area contributed by atoms with Crippen molar-refractivity contribution < 1.29 is 14.3 Å². The van der Waals surface area contributed by atoms with E-state index in [0.29, 0.717) is 11.5 Å². The molecule has 0 spiro atoms. The number of hydrogen-bond acceptors (Lipinski definition) is 3. The fourth-order valence-electron chi connectivity index (χ4n) is 2.19. The Morgan fingerprint density at radius 2 is 1.70 bits per heavy atom. The van der Waals surface area contributed by atoms with Crippen molar-refractivity contribution in [2.45, 2.75) is 13.8 Å². The summed E-state index contributed by atoms with van der Waals surface area (Å²) in [7, 11) is 1.59. The van der Waals surface area contributed by atoms with E-state index in [4.69, 9.17) is 9.47 Å². The average molecular weight is 440 g/mol. The van der Waals surface area contributed by atoms with Gasteiger partial charge in [-0.05, 0) is 61.4 Å². The van der Waals surface area contributed by atoms with Crippen LogP contribution in [-0.4, -0.2) is 13.1 Å². The number of benzene rings is 2. The molecule has 0 fully saturated rings. The van der Waals surface area contributed by atoms with Gasteiger partial charge in [-0.1, -0.05) is 31.9 Å². The van der Waals surface area contributed by atoms with Crippen molar-refractivity contribution in [1.29, 1.82) is 0 Å². The lowest BCUT2D eigenvalue weighted by molar-refractivity contribution is -0.129. The van der Waals surface area contributed by atoms with Gasteiger partial charge in [-0.25, -0.2) is 4.79 Å². The molecule has 0 saturated heterocycles. The number of rotatable bonds is 4. The molecule has 0 heterocycles. The van der Waals surface area contributed by atoms with Gasteiger partial charge < -0.3 is 9.47 Å². The largest absolute Gasteiger partial charge is 0.496 e. The molecule has 0 N–H and O–H groups in total. The van der Waals surface area contributed by atoms with Gasteiger partial charge in [0.2, 0.25) is 0 Å². The van der Waals surface area contributed by atoms with Crippen molar-refractivity contribution in [2.75, 3.05) is 7.11 Å². The molecule has 0 aromatic heterocycles. The van der Waals surface area contributed by atoms with Gasteiger partial charge in [0.25, 0.3) is 0 Å². The minimum Gasteiger partial charge on any atom is -0.496 e. The van der Waals surface area contributed by atoms with E-state index in [2.05, 4.69) is 31.9 Å². The van der Waals surface area contributed by atoms with Crippen molar-refractivity contribution in [3.63, 3.8) is 0 Å². The van der Waals surface area contributed by atoms with Crippen molar-refractivity contribution in [3.05, 3.63) is 62.0 Å². The fourth-order valence-corrected chi connectivity index (χ4v) is 3.25. The second-order valence-corrected chi connectivity index (χ2v) is 6.84. The first-order valence-electron chi connectivity index (χ1n) is 6.91. The molecule has 5 heteroatoms. The first kappa shape index (κ1) is 17.8. The van der Waals surface area contributed by atoms with Crippen LogP contribution in [0.1, 0.15) is 16.7 Å². The third-order valence-electron chi connectivity index (χ3n) is 3.22. The van der Waals surface area contributed by atoms with Crippen LogP contribution in [0.15, 0.2) is 45.4 Å². The summed E-state index contributed by atoms with van der Waals surface area (Å²) in [5.41, 5.74) is 2.60. The summed E-state index contributed by atoms with van der Waals surface area (Å²) in [5, 5.41) is 0. The Kier molecular flexibility index (Phi) is 6.02. The molecule has 2 aromatic rings. The maximum Gasteiger partial charge on any atom is 0.336 e. The molecular formula is C18H16Br2O3. The lowest BCUT2D eigenvalue weighted by Crippen LogP contribution is -2.06. The van der Waals surface area contributed by atoms with Crippen molar-refractivity contribution in [2.24, 2.45) is 0 Å². The van der Waals surface area contributed by atoms with Gasteiger partial charge in [-0.3, -0.25) is 0 Å². The zero-order chi connectivity index (χ0) is 17.0. The van der Waals surface area contributed by atoms with Gasteiger partial charge in [-0.15, -0.1) is 0 Å². The summed E-state index contributed by atoms with van der Waals surface area (Å²) in [4.78, 5) is 12.1. The first-order valence-corrected chi connectivity index (χ1v) is 8.49. The fraction of sp³-hybridized carbons (Fsp3) is 0.167. The number of carbonyl (C=O) groups excluding carboxylic acids is 1. The number of hydrogen-bond donors (Lipinski definition) is 0. The maximum atomic E-state index is 12.1. The highest BCUT2D eigenvalue weighted by atomic mass is 79.9. The normalized spacial score (nSPS) is 10.8. The molecule has 2 rings (SSSR count). The standard InChI is InChI=1S/C18H16Br2O3/c1-11-8-15(20)9-12(2)18(11)23-17(21)7-4-13-10-14(19)5-6-16(13)22-3/h4-10H,1-3H3/b7-4+. The van der Waals surface area contributed by atoms with E-state index in [1.165, 1.54) is 6.08 Å². The molecule has 0 saturated carbocycles. The summed E-state index contributed by atoms with van der Waals surface area (Å²) < 4.78 is 12.6. The molecule has 120 valence electrons. The summed E-state index contributed by atoms with van der Waals surface area (Å²) in [5.74, 6) is 0.845. The zero-order valence-electron chi connectivity index (χ0n) is 13.0. The molecule has 0 aliphatic carbocycles. The highest BCUT2D eigenvalue weighted by Crippen LogP contribution is 2.28. The van der Waals surface area contributed by atoms with E-state index in [1.807, 2.05) is 44.2 Å². The SMILES string of the molecule is COc1ccc(Br)cc1/C=C/C(=O)Oc1c(C)cc(Br)cc1C. The molecule has 23 heavy (non-hydrogen) atoms. The number of esters is 1. The molecule has 0 aliphatic heterocycles. The highest BCUT2D eigenvalue weighted by Gasteiger charge is 2.09. The van der Waals surface area contributed by atoms with Gasteiger partial charge in [0, 0.05) is 20.6 Å². The topological polar surface area (TPSA) is 35.5 Å². The van der Waals surface area contributed by atoms with Gasteiger partial charge in [-0.2, -0.15) is 0 Å². The summed E-state index contributed by atoms with van der Waals surface area (Å²) in [6.45, 7) is 3.81. The van der Waals surface area contributed by atoms with Gasteiger partial charge >= 0.3 is 5.97 Å². The van der Waals surface area contributed by atoms with Crippen LogP contribution in [0.25, 0.3) is 6.08 Å². The maximum absolute atomic E-state index is 12.1. The van der Waals surface area contributed by atoms with Gasteiger partial charge in [0.1, 0.15) is 11.5 Å². The summed E-state index contributed by atoms with van der Waals surface area (Å²) in [6, 6.07) is 9.41. The van der Waals surface area contributed by atoms with Crippen LogP contribution in [0.4, 0.5) is 0 Å². The minimum absolute atomic E-state index is 0.430. The highest BCUT2D eigenvalue weighted by molar-refractivity contribution is 9.10. The minimum atomic E-state index is -0.430. The van der Waals surface area contributed by atoms with E-state index in [0.717, 1.165) is 25.6 Å². The number of aryl methyl sites for hydroxylation is 2. The number of ether oxygens (including phenoxy) is 2. The Morgan fingerprint density at radius 3 is 2.30 bits per heavy atom. The smallest absolute Gasteiger partial charge is 0.336 e. The quantitative estimate of drug-likeness (QED) is 0.360. The molecular weight excluding hydrogens is 424 g/mol. The molecule has 0 atom stereocenters. The van der Waals surface area contributed by atoms with Gasteiger partial charge in [0.05, 0.1) is 7.11 Å². The average Bonchev–Trinajstić information content (AvgIpc) is 2.49. The van der Waals surface area contributed by atoms with E-state index in [9.17, 15) is 4.79 Å². The molecule has 0 unspecified atom stereocenters. The van der Waals surface area contributed by atoms with Crippen LogP contribution in [-0.2, 0) is 4.79 Å². The number of halogens is 2. The molecule has 0 radical (unpaired) electrons. The predicted molar refractivity (Wildman–Crippen MR) is 99.0 cm³/mol. The number of carbonyl (C=O) groups is 1. The number of methoxy groups -OCH3 is 1. The second-order valence-electron chi connectivity index (χ2n) is 5.01. The third kappa shape index (κ3) is 4.69. The predicted octanol–water partition coefficient (Wildman–Crippen LogP) is 5.46. The van der Waals surface area contributed by atoms with Crippen LogP contribution in [0.2, 0.25) is 0 Å². The van der Waals surface area contributed by atoms with E-state index in [1.54, 1.807) is 13.2 Å². The Labute approximate surface area is 152 Å². The van der Waals surface area contributed by atoms with Crippen LogP contribution in [0.5, 0.6) is 11.5 Å². The molecule has 0 aliphatic rings. The molecule has 0 amide bonds. The lowest BCUT2D eigenvalue weighted by atomic mass is 10.1. The Balaban J connectivity index is 2.19. The van der Waals surface area contributed by atoms with Crippen molar-refractivity contribution in [1.82, 2.24) is 0 Å². The van der Waals surface area contributed by atoms with Crippen LogP contribution in [0.3, 0.4) is 0 Å². The van der Waals surface area contributed by atoms with E-state index >= 15 is 0 Å². The molecule has 2 aromatic carbocycles. The zero-order valence-corrected chi connectivity index (χ0v) is 16.2. The molecule has 3 nitrogen and oxygen atoms in total. The lowest BCUT2D eigenvalue weighted by Gasteiger charge is -2.10.